The van der Waals surface area contributed by atoms with Gasteiger partial charge in [-0.25, -0.2) is 0 Å². The molecule has 1 atom stereocenters. The molecule has 3 rings (SSSR count). The van der Waals surface area contributed by atoms with Crippen LogP contribution < -0.4 is 4.74 Å². The highest BCUT2D eigenvalue weighted by Crippen LogP contribution is 2.25. The topological polar surface area (TPSA) is 42.8 Å². The van der Waals surface area contributed by atoms with Gasteiger partial charge in [0.1, 0.15) is 5.75 Å². The highest BCUT2D eigenvalue weighted by molar-refractivity contribution is 7.71. The molecule has 2 aromatic heterocycles. The van der Waals surface area contributed by atoms with Gasteiger partial charge in [-0.05, 0) is 43.4 Å². The van der Waals surface area contributed by atoms with Gasteiger partial charge in [0.05, 0.1) is 29.9 Å². The molecule has 0 radical (unpaired) electrons. The lowest BCUT2D eigenvalue weighted by molar-refractivity contribution is 0.415. The number of ether oxygens (including phenoxy) is 1. The maximum atomic E-state index is 5.45. The Kier molecular flexibility index (Phi) is 3.28. The molecule has 3 aromatic rings. The van der Waals surface area contributed by atoms with Crippen LogP contribution in [0.1, 0.15) is 18.7 Å². The van der Waals surface area contributed by atoms with Crippen LogP contribution in [0.25, 0.3) is 11.0 Å². The predicted molar refractivity (Wildman–Crippen MR) is 81.7 cm³/mol. The van der Waals surface area contributed by atoms with Crippen LogP contribution >= 0.6 is 12.2 Å². The van der Waals surface area contributed by atoms with E-state index in [2.05, 4.69) is 21.5 Å². The molecule has 0 bridgehead atoms. The molecular weight excluding hydrogens is 270 g/mol. The molecule has 0 amide bonds. The van der Waals surface area contributed by atoms with E-state index in [4.69, 9.17) is 17.0 Å². The van der Waals surface area contributed by atoms with Crippen LogP contribution in [0.3, 0.4) is 0 Å². The smallest absolute Gasteiger partial charge is 0.178 e. The lowest BCUT2D eigenvalue weighted by Gasteiger charge is -2.14. The van der Waals surface area contributed by atoms with Gasteiger partial charge in [0.25, 0.3) is 0 Å². The third-order valence-electron chi connectivity index (χ3n) is 3.43. The van der Waals surface area contributed by atoms with Gasteiger partial charge in [-0.3, -0.25) is 4.98 Å². The average molecular weight is 285 g/mol. The number of imidazole rings is 1. The van der Waals surface area contributed by atoms with Gasteiger partial charge in [-0.1, -0.05) is 6.07 Å². The van der Waals surface area contributed by atoms with Crippen LogP contribution in [-0.4, -0.2) is 21.6 Å². The molecule has 0 aliphatic carbocycles. The van der Waals surface area contributed by atoms with Gasteiger partial charge >= 0.3 is 0 Å². The minimum atomic E-state index is 0.0749. The quantitative estimate of drug-likeness (QED) is 0.746. The van der Waals surface area contributed by atoms with E-state index in [0.29, 0.717) is 4.77 Å². The van der Waals surface area contributed by atoms with Crippen molar-refractivity contribution in [1.82, 2.24) is 14.5 Å². The van der Waals surface area contributed by atoms with Gasteiger partial charge in [0, 0.05) is 12.3 Å². The molecule has 102 valence electrons. The van der Waals surface area contributed by atoms with Crippen molar-refractivity contribution in [3.8, 4) is 5.75 Å². The van der Waals surface area contributed by atoms with Crippen molar-refractivity contribution in [2.45, 2.75) is 13.0 Å². The molecule has 5 heteroatoms. The van der Waals surface area contributed by atoms with Gasteiger partial charge in [0.15, 0.2) is 4.77 Å². The Bertz CT molecular complexity index is 792. The van der Waals surface area contributed by atoms with Gasteiger partial charge in [-0.15, -0.1) is 0 Å². The van der Waals surface area contributed by atoms with Crippen molar-refractivity contribution in [1.29, 1.82) is 0 Å². The van der Waals surface area contributed by atoms with Crippen molar-refractivity contribution < 1.29 is 4.74 Å². The van der Waals surface area contributed by atoms with E-state index < -0.39 is 0 Å². The first-order valence-electron chi connectivity index (χ1n) is 6.40. The molecule has 1 aromatic carbocycles. The highest BCUT2D eigenvalue weighted by Gasteiger charge is 2.14. The summed E-state index contributed by atoms with van der Waals surface area (Å²) in [5.41, 5.74) is 3.01. The predicted octanol–water partition coefficient (Wildman–Crippen LogP) is 3.71. The lowest BCUT2D eigenvalue weighted by Crippen LogP contribution is -2.08. The maximum Gasteiger partial charge on any atom is 0.178 e. The maximum absolute atomic E-state index is 5.45. The van der Waals surface area contributed by atoms with E-state index in [1.165, 1.54) is 0 Å². The monoisotopic (exact) mass is 285 g/mol. The SMILES string of the molecule is COc1ccc2c(c1)[nH]c(=S)n2C(C)c1ccccn1. The Morgan fingerprint density at radius 3 is 2.85 bits per heavy atom. The molecular formula is C15H15N3OS. The summed E-state index contributed by atoms with van der Waals surface area (Å²) < 4.78 is 8.00. The Labute approximate surface area is 122 Å². The Hall–Kier alpha value is -2.14. The number of nitrogens with one attached hydrogen (secondary N) is 1. The molecule has 0 fully saturated rings. The summed E-state index contributed by atoms with van der Waals surface area (Å²) in [6, 6.07) is 11.9. The Morgan fingerprint density at radius 1 is 1.30 bits per heavy atom. The first kappa shape index (κ1) is 12.9. The summed E-state index contributed by atoms with van der Waals surface area (Å²) in [6.45, 7) is 2.09. The number of fused-ring (bicyclic) bond motifs is 1. The van der Waals surface area contributed by atoms with Crippen molar-refractivity contribution in [2.24, 2.45) is 0 Å². The van der Waals surface area contributed by atoms with E-state index in [1.54, 1.807) is 13.3 Å². The fourth-order valence-electron chi connectivity index (χ4n) is 2.38. The second-order valence-corrected chi connectivity index (χ2v) is 5.00. The summed E-state index contributed by atoms with van der Waals surface area (Å²) in [6.07, 6.45) is 1.80. The summed E-state index contributed by atoms with van der Waals surface area (Å²) in [7, 11) is 1.66. The van der Waals surface area contributed by atoms with Gasteiger partial charge < -0.3 is 14.3 Å². The number of aromatic nitrogens is 3. The lowest BCUT2D eigenvalue weighted by atomic mass is 10.2. The van der Waals surface area contributed by atoms with E-state index in [0.717, 1.165) is 22.5 Å². The van der Waals surface area contributed by atoms with Crippen molar-refractivity contribution in [2.75, 3.05) is 7.11 Å². The summed E-state index contributed by atoms with van der Waals surface area (Å²) in [5.74, 6) is 0.811. The van der Waals surface area contributed by atoms with Crippen molar-refractivity contribution in [3.05, 3.63) is 53.1 Å². The molecule has 0 spiro atoms. The number of H-pyrrole nitrogens is 1. The van der Waals surface area contributed by atoms with Crippen LogP contribution in [0.2, 0.25) is 0 Å². The van der Waals surface area contributed by atoms with Crippen LogP contribution in [0, 0.1) is 4.77 Å². The third kappa shape index (κ3) is 2.10. The number of hydrogen-bond acceptors (Lipinski definition) is 3. The zero-order valence-electron chi connectivity index (χ0n) is 11.3. The van der Waals surface area contributed by atoms with E-state index in [9.17, 15) is 0 Å². The van der Waals surface area contributed by atoms with E-state index >= 15 is 0 Å². The van der Waals surface area contributed by atoms with Crippen molar-refractivity contribution >= 4 is 23.3 Å². The van der Waals surface area contributed by atoms with E-state index in [-0.39, 0.29) is 6.04 Å². The minimum absolute atomic E-state index is 0.0749. The summed E-state index contributed by atoms with van der Waals surface area (Å²) in [4.78, 5) is 7.63. The third-order valence-corrected chi connectivity index (χ3v) is 3.73. The number of rotatable bonds is 3. The number of nitrogens with zero attached hydrogens (tertiary/aromatic N) is 2. The molecule has 0 saturated heterocycles. The summed E-state index contributed by atoms with van der Waals surface area (Å²) in [5, 5.41) is 0. The first-order valence-corrected chi connectivity index (χ1v) is 6.80. The minimum Gasteiger partial charge on any atom is -0.497 e. The molecule has 1 unspecified atom stereocenters. The average Bonchev–Trinajstić information content (AvgIpc) is 2.82. The highest BCUT2D eigenvalue weighted by atomic mass is 32.1. The summed E-state index contributed by atoms with van der Waals surface area (Å²) >= 11 is 5.45. The fourth-order valence-corrected chi connectivity index (χ4v) is 2.74. The molecule has 0 aliphatic heterocycles. The second kappa shape index (κ2) is 5.09. The second-order valence-electron chi connectivity index (χ2n) is 4.61. The molecule has 0 aliphatic rings. The molecule has 4 nitrogen and oxygen atoms in total. The zero-order chi connectivity index (χ0) is 14.1. The van der Waals surface area contributed by atoms with Crippen LogP contribution in [0.15, 0.2) is 42.6 Å². The zero-order valence-corrected chi connectivity index (χ0v) is 12.1. The Morgan fingerprint density at radius 2 is 2.15 bits per heavy atom. The number of aromatic amines is 1. The molecule has 20 heavy (non-hydrogen) atoms. The van der Waals surface area contributed by atoms with E-state index in [1.807, 2.05) is 36.4 Å². The Balaban J connectivity index is 2.16. The van der Waals surface area contributed by atoms with Gasteiger partial charge in [-0.2, -0.15) is 0 Å². The normalized spacial score (nSPS) is 12.5. The van der Waals surface area contributed by atoms with Crippen LogP contribution in [-0.2, 0) is 0 Å². The fraction of sp³-hybridized carbons (Fsp3) is 0.200. The van der Waals surface area contributed by atoms with Gasteiger partial charge in [0.2, 0.25) is 0 Å². The number of methoxy groups -OCH3 is 1. The number of hydrogen-bond donors (Lipinski definition) is 1. The van der Waals surface area contributed by atoms with Crippen molar-refractivity contribution in [3.63, 3.8) is 0 Å². The number of benzene rings is 1. The first-order chi connectivity index (χ1) is 9.70. The molecule has 0 saturated carbocycles. The molecule has 2 heterocycles. The number of pyridine rings is 1. The van der Waals surface area contributed by atoms with Crippen LogP contribution in [0.5, 0.6) is 5.75 Å². The largest absolute Gasteiger partial charge is 0.497 e. The van der Waals surface area contributed by atoms with Crippen LogP contribution in [0.4, 0.5) is 0 Å². The standard InChI is InChI=1S/C15H15N3OS/c1-10(12-5-3-4-8-16-12)18-14-7-6-11(19-2)9-13(14)17-15(18)20/h3-10H,1-2H3,(H,17,20). The molecule has 1 N–H and O–H groups in total.